The minimum absolute atomic E-state index is 0.289. The predicted octanol–water partition coefficient (Wildman–Crippen LogP) is 17.4. The Morgan fingerprint density at radius 3 is 0.638 bits per heavy atom. The van der Waals surface area contributed by atoms with Crippen LogP contribution in [0.15, 0.2) is 0 Å². The molecule has 0 saturated carbocycles. The van der Waals surface area contributed by atoms with Crippen molar-refractivity contribution in [1.29, 1.82) is 0 Å². The normalized spacial score (nSPS) is 11.6. The van der Waals surface area contributed by atoms with E-state index >= 15 is 0 Å². The van der Waals surface area contributed by atoms with Crippen LogP contribution >= 0.6 is 0 Å². The molecule has 0 unspecified atom stereocenters. The Hall–Kier alpha value is -0.791. The van der Waals surface area contributed by atoms with Crippen molar-refractivity contribution in [2.75, 3.05) is 0 Å². The van der Waals surface area contributed by atoms with Gasteiger partial charge in [0.05, 0.1) is 0 Å². The second-order valence-corrected chi connectivity index (χ2v) is 24.9. The molecular formula is C51H100O6Sn. The Balaban J connectivity index is 5.03. The van der Waals surface area contributed by atoms with Gasteiger partial charge >= 0.3 is 291 Å². The van der Waals surface area contributed by atoms with Crippen LogP contribution in [0.5, 0.6) is 0 Å². The topological polar surface area (TPSA) is 78.9 Å². The van der Waals surface area contributed by atoms with Gasteiger partial charge in [-0.3, -0.25) is 0 Å². The summed E-state index contributed by atoms with van der Waals surface area (Å²) >= 11 is -4.88. The van der Waals surface area contributed by atoms with E-state index in [1.807, 2.05) is 0 Å². The number of hydrogen-bond acceptors (Lipinski definition) is 6. The van der Waals surface area contributed by atoms with Gasteiger partial charge in [-0.15, -0.1) is 0 Å². The second-order valence-electron chi connectivity index (χ2n) is 17.8. The molecule has 0 heterocycles. The van der Waals surface area contributed by atoms with Gasteiger partial charge in [0, 0.05) is 0 Å². The van der Waals surface area contributed by atoms with Gasteiger partial charge in [-0.2, -0.15) is 0 Å². The van der Waals surface area contributed by atoms with Gasteiger partial charge in [0.15, 0.2) is 0 Å². The quantitative estimate of drug-likeness (QED) is 0.0447. The standard InChI is InChI=1S/3C15H30O2.C6H13.Sn/c3*1-2-3-4-5-6-7-8-9-10-11-12-13-14-15(16)17;1-3-5-6-4-2;/h3*2-14H2,1H3,(H,16,17);1,3-6H2,2H3;/q;;;;+3/p-3. The van der Waals surface area contributed by atoms with Gasteiger partial charge in [-0.05, 0) is 0 Å². The average molecular weight is 928 g/mol. The number of rotatable bonds is 47. The van der Waals surface area contributed by atoms with Gasteiger partial charge in [0.25, 0.3) is 0 Å². The minimum atomic E-state index is -4.88. The van der Waals surface area contributed by atoms with Gasteiger partial charge in [-0.1, -0.05) is 78.6 Å². The zero-order valence-corrected chi connectivity index (χ0v) is 42.4. The van der Waals surface area contributed by atoms with Crippen molar-refractivity contribution >= 4 is 37.5 Å². The molecule has 6 nitrogen and oxygen atoms in total. The number of carbonyl (C=O) groups is 3. The van der Waals surface area contributed by atoms with Crippen LogP contribution in [0, 0.1) is 0 Å². The fourth-order valence-electron chi connectivity index (χ4n) is 7.99. The summed E-state index contributed by atoms with van der Waals surface area (Å²) < 4.78 is 18.9. The third kappa shape index (κ3) is 40.6. The van der Waals surface area contributed by atoms with E-state index in [-0.39, 0.29) is 37.2 Å². The molecule has 0 aromatic carbocycles. The van der Waals surface area contributed by atoms with E-state index in [1.54, 1.807) is 0 Å². The molecule has 0 aliphatic carbocycles. The average Bonchev–Trinajstić information content (AvgIpc) is 3.20. The SMILES string of the molecule is CCCCCCCCCCCCCCC(=O)[O][Sn]([CH2]CCCCC)([O]C(=O)CCCCCCCCCCCCCC)[O]C(=O)CCCCCCCCCCCCCC. The first-order valence-corrected chi connectivity index (χ1v) is 31.6. The molecule has 0 radical (unpaired) electrons. The molecule has 0 saturated heterocycles. The molecule has 0 fully saturated rings. The Kier molecular flexibility index (Phi) is 45.1. The van der Waals surface area contributed by atoms with Crippen LogP contribution in [0.25, 0.3) is 0 Å². The number of unbranched alkanes of at least 4 members (excludes halogenated alkanes) is 36. The molecule has 0 aliphatic rings. The molecule has 0 aromatic rings. The monoisotopic (exact) mass is 929 g/mol. The number of hydrogen-bond donors (Lipinski definition) is 0. The maximum absolute atomic E-state index is 13.4. The molecule has 0 atom stereocenters. The fourth-order valence-corrected chi connectivity index (χ4v) is 15.0. The summed E-state index contributed by atoms with van der Waals surface area (Å²) in [7, 11) is 0. The molecule has 58 heavy (non-hydrogen) atoms. The molecular weight excluding hydrogens is 827 g/mol. The van der Waals surface area contributed by atoms with E-state index in [0.29, 0.717) is 4.44 Å². The molecule has 0 aromatic heterocycles. The van der Waals surface area contributed by atoms with Crippen LogP contribution in [0.4, 0.5) is 0 Å². The second kappa shape index (κ2) is 45.7. The number of carbonyl (C=O) groups excluding carboxylic acids is 3. The molecule has 0 bridgehead atoms. The summed E-state index contributed by atoms with van der Waals surface area (Å²) in [6.07, 6.45) is 48.8. The summed E-state index contributed by atoms with van der Waals surface area (Å²) in [5, 5.41) is 0. The van der Waals surface area contributed by atoms with Gasteiger partial charge in [0.1, 0.15) is 0 Å². The van der Waals surface area contributed by atoms with Crippen LogP contribution < -0.4 is 0 Å². The van der Waals surface area contributed by atoms with Gasteiger partial charge in [0.2, 0.25) is 0 Å². The Bertz CT molecular complexity index is 792. The summed E-state index contributed by atoms with van der Waals surface area (Å²) in [5.74, 6) is -1.06. The van der Waals surface area contributed by atoms with Gasteiger partial charge in [-0.25, -0.2) is 0 Å². The maximum atomic E-state index is 13.4. The Morgan fingerprint density at radius 1 is 0.259 bits per heavy atom. The zero-order chi connectivity index (χ0) is 42.5. The van der Waals surface area contributed by atoms with Crippen molar-refractivity contribution in [2.45, 2.75) is 308 Å². The van der Waals surface area contributed by atoms with E-state index in [4.69, 9.17) is 9.22 Å². The van der Waals surface area contributed by atoms with E-state index < -0.39 is 19.6 Å². The molecule has 344 valence electrons. The van der Waals surface area contributed by atoms with Crippen molar-refractivity contribution in [3.63, 3.8) is 0 Å². The third-order valence-corrected chi connectivity index (χ3v) is 19.2. The van der Waals surface area contributed by atoms with E-state index in [2.05, 4.69) is 27.7 Å². The van der Waals surface area contributed by atoms with E-state index in [9.17, 15) is 14.4 Å². The molecule has 0 N–H and O–H groups in total. The first-order valence-electron chi connectivity index (χ1n) is 26.1. The molecule has 0 amide bonds. The molecule has 0 spiro atoms. The fraction of sp³-hybridized carbons (Fsp3) is 0.941. The smallest absolute Gasteiger partial charge is 0.0654 e. The van der Waals surface area contributed by atoms with E-state index in [0.717, 1.165) is 83.5 Å². The Morgan fingerprint density at radius 2 is 0.431 bits per heavy atom. The summed E-state index contributed by atoms with van der Waals surface area (Å²) in [6.45, 7) is 8.95. The van der Waals surface area contributed by atoms with Crippen molar-refractivity contribution in [2.24, 2.45) is 0 Å². The summed E-state index contributed by atoms with van der Waals surface area (Å²) in [4.78, 5) is 40.2. The van der Waals surface area contributed by atoms with Crippen LogP contribution in [0.3, 0.4) is 0 Å². The van der Waals surface area contributed by atoms with E-state index in [1.165, 1.54) is 173 Å². The summed E-state index contributed by atoms with van der Waals surface area (Å²) in [6, 6.07) is 0. The molecule has 0 rings (SSSR count). The molecule has 0 aliphatic heterocycles. The molecule has 7 heteroatoms. The first-order chi connectivity index (χ1) is 28.4. The van der Waals surface area contributed by atoms with Crippen molar-refractivity contribution in [3.05, 3.63) is 0 Å². The van der Waals surface area contributed by atoms with Crippen molar-refractivity contribution < 1.29 is 23.6 Å². The Labute approximate surface area is 367 Å². The van der Waals surface area contributed by atoms with Crippen LogP contribution in [0.1, 0.15) is 304 Å². The zero-order valence-electron chi connectivity index (χ0n) is 39.6. The van der Waals surface area contributed by atoms with Crippen LogP contribution in [-0.4, -0.2) is 37.5 Å². The van der Waals surface area contributed by atoms with Crippen molar-refractivity contribution in [3.8, 4) is 0 Å². The minimum Gasteiger partial charge on any atom is -0.0654 e. The van der Waals surface area contributed by atoms with Crippen LogP contribution in [0.2, 0.25) is 4.44 Å². The summed E-state index contributed by atoms with van der Waals surface area (Å²) in [5.41, 5.74) is 0. The van der Waals surface area contributed by atoms with Crippen LogP contribution in [-0.2, 0) is 23.6 Å². The predicted molar refractivity (Wildman–Crippen MR) is 250 cm³/mol. The third-order valence-electron chi connectivity index (χ3n) is 11.8. The first kappa shape index (κ1) is 57.2. The van der Waals surface area contributed by atoms with Crippen molar-refractivity contribution in [1.82, 2.24) is 0 Å². The van der Waals surface area contributed by atoms with Gasteiger partial charge < -0.3 is 0 Å².